The van der Waals surface area contributed by atoms with Crippen molar-refractivity contribution in [1.82, 2.24) is 0 Å². The van der Waals surface area contributed by atoms with E-state index in [1.807, 2.05) is 24.3 Å². The van der Waals surface area contributed by atoms with Gasteiger partial charge in [-0.3, -0.25) is 0 Å². The molecule has 3 rings (SSSR count). The molecule has 0 spiro atoms. The molecule has 3 aromatic carbocycles. The normalized spacial score (nSPS) is 11.8. The standard InChI is InChI=1S/C34H47O3P/c1-5-9-15-28-21-24-32(25-22-28)35-38(36-33-20-14-13-19-30(33)17-11-7-3)37-34-26-23-29(16-10-6-2)27-31(34)18-12-8-4/h13-14,19-27H,5-12,15-18H2,1-4H3. The first-order chi connectivity index (χ1) is 18.7. The zero-order valence-corrected chi connectivity index (χ0v) is 24.9. The number of para-hydroxylation sites is 1. The fourth-order valence-corrected chi connectivity index (χ4v) is 5.47. The highest BCUT2D eigenvalue weighted by Gasteiger charge is 2.23. The number of benzene rings is 3. The molecule has 4 heteroatoms. The SMILES string of the molecule is CCCCc1ccc(OP(Oc2ccccc2CCCC)Oc2ccc(CCCC)cc2CCCC)cc1. The minimum absolute atomic E-state index is 0.775. The van der Waals surface area contributed by atoms with Gasteiger partial charge >= 0.3 is 8.60 Å². The summed E-state index contributed by atoms with van der Waals surface area (Å²) in [5.74, 6) is 2.49. The molecule has 0 aliphatic carbocycles. The van der Waals surface area contributed by atoms with Gasteiger partial charge in [0, 0.05) is 0 Å². The first-order valence-electron chi connectivity index (χ1n) is 14.8. The molecule has 0 heterocycles. The summed E-state index contributed by atoms with van der Waals surface area (Å²) in [6.45, 7) is 8.92. The van der Waals surface area contributed by atoms with E-state index >= 15 is 0 Å². The monoisotopic (exact) mass is 534 g/mol. The van der Waals surface area contributed by atoms with Crippen molar-refractivity contribution >= 4 is 8.60 Å². The summed E-state index contributed by atoms with van der Waals surface area (Å²) in [4.78, 5) is 0. The van der Waals surface area contributed by atoms with Crippen LogP contribution in [0.1, 0.15) is 101 Å². The van der Waals surface area contributed by atoms with Gasteiger partial charge in [0.1, 0.15) is 17.2 Å². The average Bonchev–Trinajstić information content (AvgIpc) is 2.95. The third kappa shape index (κ3) is 9.99. The van der Waals surface area contributed by atoms with Gasteiger partial charge in [0.05, 0.1) is 0 Å². The Hall–Kier alpha value is -2.51. The van der Waals surface area contributed by atoms with Gasteiger partial charge in [0.15, 0.2) is 0 Å². The lowest BCUT2D eigenvalue weighted by Gasteiger charge is -2.21. The van der Waals surface area contributed by atoms with Crippen LogP contribution in [0.25, 0.3) is 0 Å². The fourth-order valence-electron chi connectivity index (χ4n) is 4.39. The Morgan fingerprint density at radius 2 is 1.03 bits per heavy atom. The molecule has 1 atom stereocenters. The molecule has 0 aliphatic rings. The van der Waals surface area contributed by atoms with E-state index < -0.39 is 8.60 Å². The zero-order chi connectivity index (χ0) is 27.0. The molecule has 1 unspecified atom stereocenters. The number of hydrogen-bond donors (Lipinski definition) is 0. The lowest BCUT2D eigenvalue weighted by molar-refractivity contribution is 0.384. The first kappa shape index (κ1) is 30.0. The molecule has 0 fully saturated rings. The van der Waals surface area contributed by atoms with Crippen LogP contribution in [0, 0.1) is 0 Å². The molecule has 0 aromatic heterocycles. The lowest BCUT2D eigenvalue weighted by atomic mass is 10.0. The summed E-state index contributed by atoms with van der Waals surface area (Å²) in [6, 6.07) is 23.3. The summed E-state index contributed by atoms with van der Waals surface area (Å²) in [5, 5.41) is 0. The minimum atomic E-state index is -1.69. The molecule has 0 aliphatic heterocycles. The molecule has 0 N–H and O–H groups in total. The van der Waals surface area contributed by atoms with Gasteiger partial charge in [-0.15, -0.1) is 0 Å². The van der Waals surface area contributed by atoms with E-state index in [2.05, 4.69) is 70.2 Å². The van der Waals surface area contributed by atoms with E-state index in [-0.39, 0.29) is 0 Å². The second kappa shape index (κ2) is 17.2. The van der Waals surface area contributed by atoms with Crippen molar-refractivity contribution in [2.75, 3.05) is 0 Å². The molecular weight excluding hydrogens is 487 g/mol. The molecule has 0 radical (unpaired) electrons. The van der Waals surface area contributed by atoms with Crippen LogP contribution in [0.2, 0.25) is 0 Å². The summed E-state index contributed by atoms with van der Waals surface area (Å²) in [7, 11) is -1.69. The first-order valence-corrected chi connectivity index (χ1v) is 15.9. The third-order valence-corrected chi connectivity index (χ3v) is 7.84. The topological polar surface area (TPSA) is 27.7 Å². The second-order valence-corrected chi connectivity index (χ2v) is 11.1. The lowest BCUT2D eigenvalue weighted by Crippen LogP contribution is -2.06. The van der Waals surface area contributed by atoms with Crippen molar-refractivity contribution in [3.63, 3.8) is 0 Å². The largest absolute Gasteiger partial charge is 0.530 e. The van der Waals surface area contributed by atoms with Crippen molar-refractivity contribution in [2.24, 2.45) is 0 Å². The van der Waals surface area contributed by atoms with Crippen molar-refractivity contribution in [3.05, 3.63) is 89.0 Å². The maximum atomic E-state index is 6.58. The highest BCUT2D eigenvalue weighted by atomic mass is 31.2. The zero-order valence-electron chi connectivity index (χ0n) is 24.0. The molecule has 0 amide bonds. The Labute approximate surface area is 232 Å². The van der Waals surface area contributed by atoms with Gasteiger partial charge in [-0.2, -0.15) is 0 Å². The van der Waals surface area contributed by atoms with Crippen LogP contribution < -0.4 is 13.6 Å². The fraction of sp³-hybridized carbons (Fsp3) is 0.471. The van der Waals surface area contributed by atoms with Crippen LogP contribution in [0.3, 0.4) is 0 Å². The van der Waals surface area contributed by atoms with Gasteiger partial charge in [0.2, 0.25) is 0 Å². The smallest absolute Gasteiger partial charge is 0.409 e. The molecule has 38 heavy (non-hydrogen) atoms. The quantitative estimate of drug-likeness (QED) is 0.152. The van der Waals surface area contributed by atoms with Crippen molar-refractivity contribution in [1.29, 1.82) is 0 Å². The van der Waals surface area contributed by atoms with E-state index in [0.29, 0.717) is 0 Å². The number of aryl methyl sites for hydroxylation is 4. The number of rotatable bonds is 18. The Balaban J connectivity index is 1.87. The molecule has 0 bridgehead atoms. The molecule has 3 aromatic rings. The Bertz CT molecular complexity index is 1060. The summed E-state index contributed by atoms with van der Waals surface area (Å²) in [5.41, 5.74) is 5.16. The molecule has 206 valence electrons. The number of hydrogen-bond acceptors (Lipinski definition) is 3. The van der Waals surface area contributed by atoms with E-state index in [0.717, 1.165) is 68.6 Å². The van der Waals surface area contributed by atoms with E-state index in [9.17, 15) is 0 Å². The highest BCUT2D eigenvalue weighted by molar-refractivity contribution is 7.43. The van der Waals surface area contributed by atoms with Gasteiger partial charge < -0.3 is 13.6 Å². The van der Waals surface area contributed by atoms with Gasteiger partial charge in [-0.05, 0) is 97.9 Å². The van der Waals surface area contributed by atoms with Crippen LogP contribution in [-0.2, 0) is 25.7 Å². The van der Waals surface area contributed by atoms with Crippen molar-refractivity contribution in [2.45, 2.75) is 105 Å². The van der Waals surface area contributed by atoms with E-state index in [4.69, 9.17) is 13.6 Å². The van der Waals surface area contributed by atoms with Gasteiger partial charge in [-0.25, -0.2) is 0 Å². The highest BCUT2D eigenvalue weighted by Crippen LogP contribution is 2.44. The Morgan fingerprint density at radius 3 is 1.68 bits per heavy atom. The Kier molecular flexibility index (Phi) is 13.6. The maximum absolute atomic E-state index is 6.58. The third-order valence-electron chi connectivity index (χ3n) is 6.78. The average molecular weight is 535 g/mol. The van der Waals surface area contributed by atoms with Crippen molar-refractivity contribution < 1.29 is 13.6 Å². The van der Waals surface area contributed by atoms with Gasteiger partial charge in [-0.1, -0.05) is 95.8 Å². The van der Waals surface area contributed by atoms with Crippen molar-refractivity contribution in [3.8, 4) is 17.2 Å². The number of unbranched alkanes of at least 4 members (excludes halogenated alkanes) is 4. The summed E-state index contributed by atoms with van der Waals surface area (Å²) in [6.07, 6.45) is 13.5. The van der Waals surface area contributed by atoms with Crippen LogP contribution in [-0.4, -0.2) is 0 Å². The maximum Gasteiger partial charge on any atom is 0.530 e. The molecule has 0 saturated carbocycles. The van der Waals surface area contributed by atoms with Crippen LogP contribution in [0.15, 0.2) is 66.7 Å². The van der Waals surface area contributed by atoms with E-state index in [1.165, 1.54) is 47.9 Å². The molecular formula is C34H47O3P. The minimum Gasteiger partial charge on any atom is -0.409 e. The van der Waals surface area contributed by atoms with E-state index in [1.54, 1.807) is 0 Å². The predicted molar refractivity (Wildman–Crippen MR) is 163 cm³/mol. The summed E-state index contributed by atoms with van der Waals surface area (Å²) >= 11 is 0. The Morgan fingerprint density at radius 1 is 0.500 bits per heavy atom. The molecule has 0 saturated heterocycles. The second-order valence-electron chi connectivity index (χ2n) is 10.1. The van der Waals surface area contributed by atoms with Gasteiger partial charge in [0.25, 0.3) is 0 Å². The predicted octanol–water partition coefficient (Wildman–Crippen LogP) is 10.8. The van der Waals surface area contributed by atoms with Crippen LogP contribution in [0.4, 0.5) is 0 Å². The van der Waals surface area contributed by atoms with Crippen LogP contribution >= 0.6 is 8.60 Å². The summed E-state index contributed by atoms with van der Waals surface area (Å²) < 4.78 is 19.5. The van der Waals surface area contributed by atoms with Crippen LogP contribution in [0.5, 0.6) is 17.2 Å². The molecule has 3 nitrogen and oxygen atoms in total.